The van der Waals surface area contributed by atoms with Crippen molar-refractivity contribution in [2.75, 3.05) is 10.2 Å². The Morgan fingerprint density at radius 1 is 1.00 bits per heavy atom. The van der Waals surface area contributed by atoms with Gasteiger partial charge in [0.2, 0.25) is 0 Å². The molecule has 5 heteroatoms. The van der Waals surface area contributed by atoms with Crippen molar-refractivity contribution in [3.8, 4) is 0 Å². The number of carbonyl (C=O) groups excluding carboxylic acids is 1. The highest BCUT2D eigenvalue weighted by Gasteiger charge is 2.37. The number of amides is 1. The van der Waals surface area contributed by atoms with Crippen LogP contribution in [0.15, 0.2) is 78.9 Å². The number of anilines is 2. The molecule has 1 atom stereocenters. The summed E-state index contributed by atoms with van der Waals surface area (Å²) in [6.45, 7) is 0. The van der Waals surface area contributed by atoms with Gasteiger partial charge >= 0.3 is 0 Å². The zero-order chi connectivity index (χ0) is 20.5. The van der Waals surface area contributed by atoms with E-state index in [1.807, 2.05) is 12.1 Å². The van der Waals surface area contributed by atoms with Crippen LogP contribution in [0.2, 0.25) is 0 Å². The monoisotopic (exact) mass is 397 g/mol. The molecule has 150 valence electrons. The molecule has 0 saturated heterocycles. The molecular formula is C25H23N3O2. The van der Waals surface area contributed by atoms with Crippen LogP contribution in [0.3, 0.4) is 0 Å². The fourth-order valence-electron chi connectivity index (χ4n) is 4.60. The lowest BCUT2D eigenvalue weighted by Gasteiger charge is -2.33. The Hall–Kier alpha value is -3.57. The van der Waals surface area contributed by atoms with Crippen LogP contribution < -0.4 is 15.7 Å². The molecule has 1 aliphatic heterocycles. The van der Waals surface area contributed by atoms with Crippen molar-refractivity contribution >= 4 is 23.4 Å². The molecule has 1 heterocycles. The molecule has 1 amide bonds. The Morgan fingerprint density at radius 3 is 2.50 bits per heavy atom. The molecule has 2 aliphatic rings. The summed E-state index contributed by atoms with van der Waals surface area (Å²) in [5.74, 6) is -0.544. The van der Waals surface area contributed by atoms with Gasteiger partial charge in [-0.1, -0.05) is 54.6 Å². The number of nitrogens with one attached hydrogen (secondary N) is 2. The maximum Gasteiger partial charge on any atom is 0.267 e. The topological polar surface area (TPSA) is 64.6 Å². The molecular weight excluding hydrogens is 374 g/mol. The summed E-state index contributed by atoms with van der Waals surface area (Å²) in [4.78, 5) is 13.8. The molecule has 5 nitrogen and oxygen atoms in total. The van der Waals surface area contributed by atoms with E-state index in [9.17, 15) is 4.79 Å². The van der Waals surface area contributed by atoms with E-state index in [0.29, 0.717) is 6.04 Å². The standard InChI is InChI=1S/C25H23N3O2/c29-24(27-30)13-12-17-6-5-9-20(14-17)25-26-22-10-3-4-11-23(22)28(25)21-15-18-7-1-2-8-19(18)16-21/h1-14,21,25-26,30H,15-16H2,(H,27,29)/b13-12+. The fraction of sp³-hybridized carbons (Fsp3) is 0.160. The van der Waals surface area contributed by atoms with Crippen molar-refractivity contribution in [2.45, 2.75) is 25.0 Å². The summed E-state index contributed by atoms with van der Waals surface area (Å²) in [6, 6.07) is 25.7. The molecule has 0 spiro atoms. The summed E-state index contributed by atoms with van der Waals surface area (Å²) < 4.78 is 0. The van der Waals surface area contributed by atoms with Crippen molar-refractivity contribution in [2.24, 2.45) is 0 Å². The maximum atomic E-state index is 11.3. The number of carbonyl (C=O) groups is 1. The van der Waals surface area contributed by atoms with Gasteiger partial charge in [0.05, 0.1) is 11.4 Å². The van der Waals surface area contributed by atoms with Gasteiger partial charge in [-0.3, -0.25) is 10.0 Å². The predicted octanol–water partition coefficient (Wildman–Crippen LogP) is 4.30. The van der Waals surface area contributed by atoms with Crippen LogP contribution in [-0.2, 0) is 17.6 Å². The summed E-state index contributed by atoms with van der Waals surface area (Å²) in [5, 5.41) is 12.4. The van der Waals surface area contributed by atoms with Crippen LogP contribution in [0.4, 0.5) is 11.4 Å². The molecule has 1 unspecified atom stereocenters. The zero-order valence-corrected chi connectivity index (χ0v) is 16.5. The number of hydroxylamine groups is 1. The highest BCUT2D eigenvalue weighted by atomic mass is 16.5. The van der Waals surface area contributed by atoms with Gasteiger partial charge in [-0.2, -0.15) is 0 Å². The molecule has 0 radical (unpaired) electrons. The smallest absolute Gasteiger partial charge is 0.267 e. The van der Waals surface area contributed by atoms with Gasteiger partial charge in [0.1, 0.15) is 6.17 Å². The Morgan fingerprint density at radius 2 is 1.73 bits per heavy atom. The summed E-state index contributed by atoms with van der Waals surface area (Å²) >= 11 is 0. The summed E-state index contributed by atoms with van der Waals surface area (Å²) in [6.07, 6.45) is 5.09. The van der Waals surface area contributed by atoms with E-state index < -0.39 is 5.91 Å². The number of nitrogens with zero attached hydrogens (tertiary/aromatic N) is 1. The van der Waals surface area contributed by atoms with E-state index in [1.165, 1.54) is 22.9 Å². The summed E-state index contributed by atoms with van der Waals surface area (Å²) in [7, 11) is 0. The Kier molecular flexibility index (Phi) is 4.73. The van der Waals surface area contributed by atoms with Crippen molar-refractivity contribution in [1.29, 1.82) is 0 Å². The van der Waals surface area contributed by atoms with Crippen LogP contribution in [0.1, 0.15) is 28.4 Å². The first-order chi connectivity index (χ1) is 14.7. The molecule has 3 aromatic carbocycles. The van der Waals surface area contributed by atoms with Crippen LogP contribution in [0, 0.1) is 0 Å². The predicted molar refractivity (Wildman–Crippen MR) is 118 cm³/mol. The fourth-order valence-corrected chi connectivity index (χ4v) is 4.60. The molecule has 0 bridgehead atoms. The lowest BCUT2D eigenvalue weighted by atomic mass is 10.0. The molecule has 1 aliphatic carbocycles. The minimum atomic E-state index is -0.544. The third-order valence-corrected chi connectivity index (χ3v) is 5.94. The molecule has 0 fully saturated rings. The van der Waals surface area contributed by atoms with Gasteiger partial charge in [0, 0.05) is 12.1 Å². The number of benzene rings is 3. The minimum absolute atomic E-state index is 0.0155. The number of hydrogen-bond acceptors (Lipinski definition) is 4. The second kappa shape index (κ2) is 7.69. The number of rotatable bonds is 4. The minimum Gasteiger partial charge on any atom is -0.360 e. The Bertz CT molecular complexity index is 1100. The first-order valence-electron chi connectivity index (χ1n) is 10.2. The second-order valence-electron chi connectivity index (χ2n) is 7.78. The van der Waals surface area contributed by atoms with Gasteiger partial charge in [-0.05, 0) is 59.4 Å². The third kappa shape index (κ3) is 3.33. The van der Waals surface area contributed by atoms with Gasteiger partial charge < -0.3 is 10.2 Å². The van der Waals surface area contributed by atoms with Gasteiger partial charge in [0.25, 0.3) is 5.91 Å². The average Bonchev–Trinajstić information content (AvgIpc) is 3.38. The van der Waals surface area contributed by atoms with E-state index in [2.05, 4.69) is 70.9 Å². The first kappa shape index (κ1) is 18.5. The highest BCUT2D eigenvalue weighted by molar-refractivity contribution is 5.90. The number of para-hydroxylation sites is 2. The first-order valence-corrected chi connectivity index (χ1v) is 10.2. The third-order valence-electron chi connectivity index (χ3n) is 5.94. The summed E-state index contributed by atoms with van der Waals surface area (Å²) in [5.41, 5.74) is 8.88. The van der Waals surface area contributed by atoms with E-state index in [4.69, 9.17) is 5.21 Å². The van der Waals surface area contributed by atoms with Crippen LogP contribution in [-0.4, -0.2) is 17.2 Å². The molecule has 3 N–H and O–H groups in total. The normalized spacial score (nSPS) is 17.6. The Balaban J connectivity index is 1.49. The molecule has 3 aromatic rings. The number of hydrogen-bond donors (Lipinski definition) is 3. The van der Waals surface area contributed by atoms with E-state index in [1.54, 1.807) is 11.6 Å². The van der Waals surface area contributed by atoms with E-state index in [0.717, 1.165) is 29.7 Å². The van der Waals surface area contributed by atoms with E-state index >= 15 is 0 Å². The molecule has 0 aromatic heterocycles. The largest absolute Gasteiger partial charge is 0.360 e. The van der Waals surface area contributed by atoms with Crippen molar-refractivity contribution < 1.29 is 10.0 Å². The second-order valence-corrected chi connectivity index (χ2v) is 7.78. The molecule has 5 rings (SSSR count). The quantitative estimate of drug-likeness (QED) is 0.349. The van der Waals surface area contributed by atoms with Gasteiger partial charge in [-0.15, -0.1) is 0 Å². The maximum absolute atomic E-state index is 11.3. The van der Waals surface area contributed by atoms with Crippen molar-refractivity contribution in [3.63, 3.8) is 0 Å². The average molecular weight is 397 g/mol. The van der Waals surface area contributed by atoms with Gasteiger partial charge in [0.15, 0.2) is 0 Å². The zero-order valence-electron chi connectivity index (χ0n) is 16.5. The van der Waals surface area contributed by atoms with Crippen LogP contribution in [0.5, 0.6) is 0 Å². The van der Waals surface area contributed by atoms with Crippen LogP contribution in [0.25, 0.3) is 6.08 Å². The van der Waals surface area contributed by atoms with Crippen molar-refractivity contribution in [1.82, 2.24) is 5.48 Å². The van der Waals surface area contributed by atoms with E-state index in [-0.39, 0.29) is 6.17 Å². The van der Waals surface area contributed by atoms with Gasteiger partial charge in [-0.25, -0.2) is 5.48 Å². The highest BCUT2D eigenvalue weighted by Crippen LogP contribution is 2.44. The molecule has 0 saturated carbocycles. The lowest BCUT2D eigenvalue weighted by molar-refractivity contribution is -0.124. The molecule has 30 heavy (non-hydrogen) atoms. The number of fused-ring (bicyclic) bond motifs is 2. The van der Waals surface area contributed by atoms with Crippen LogP contribution >= 0.6 is 0 Å². The SMILES string of the molecule is O=C(/C=C/c1cccc(C2Nc3ccccc3N2C2Cc3ccccc3C2)c1)NO. The Labute approximate surface area is 175 Å². The van der Waals surface area contributed by atoms with Crippen molar-refractivity contribution in [3.05, 3.63) is 101 Å². The lowest BCUT2D eigenvalue weighted by Crippen LogP contribution is -2.38.